The minimum Gasteiger partial charge on any atom is -0.492 e. The number of nitrogens with two attached hydrogens (primary N) is 1. The van der Waals surface area contributed by atoms with E-state index in [1.165, 1.54) is 5.56 Å². The summed E-state index contributed by atoms with van der Waals surface area (Å²) in [4.78, 5) is 14.2. The standard InChI is InChI=1S/C19H24N2O2.ClH/c1-15-8-10-17(11-9-15)23-13-12-21(2)19(22)18(14-20)16-6-4-3-5-7-16;/h3-11,18H,12-14,20H2,1-2H3;1H. The van der Waals surface area contributed by atoms with Crippen LogP contribution < -0.4 is 10.5 Å². The van der Waals surface area contributed by atoms with E-state index in [0.29, 0.717) is 19.7 Å². The molecule has 0 spiro atoms. The van der Waals surface area contributed by atoms with Crippen LogP contribution in [0.4, 0.5) is 0 Å². The van der Waals surface area contributed by atoms with Crippen molar-refractivity contribution in [3.05, 3.63) is 65.7 Å². The molecule has 0 fully saturated rings. The first-order valence-corrected chi connectivity index (χ1v) is 7.81. The lowest BCUT2D eigenvalue weighted by atomic mass is 9.98. The first-order chi connectivity index (χ1) is 11.1. The molecule has 0 aromatic heterocycles. The van der Waals surface area contributed by atoms with E-state index in [9.17, 15) is 4.79 Å². The third-order valence-corrected chi connectivity index (χ3v) is 3.83. The molecule has 1 amide bonds. The Kier molecular flexibility index (Phi) is 8.30. The van der Waals surface area contributed by atoms with Gasteiger partial charge in [0.05, 0.1) is 12.5 Å². The summed E-state index contributed by atoms with van der Waals surface area (Å²) >= 11 is 0. The fraction of sp³-hybridized carbons (Fsp3) is 0.316. The number of carbonyl (C=O) groups excluding carboxylic acids is 1. The number of benzene rings is 2. The van der Waals surface area contributed by atoms with Crippen LogP contribution in [0.15, 0.2) is 54.6 Å². The SMILES string of the molecule is Cc1ccc(OCCN(C)C(=O)C(CN)c2ccccc2)cc1.Cl. The lowest BCUT2D eigenvalue weighted by Crippen LogP contribution is -2.37. The van der Waals surface area contributed by atoms with E-state index >= 15 is 0 Å². The zero-order chi connectivity index (χ0) is 16.7. The van der Waals surface area contributed by atoms with Gasteiger partial charge in [-0.1, -0.05) is 48.0 Å². The van der Waals surface area contributed by atoms with Gasteiger partial charge in [-0.2, -0.15) is 0 Å². The summed E-state index contributed by atoms with van der Waals surface area (Å²) in [6.07, 6.45) is 0. The molecule has 0 bridgehead atoms. The Morgan fingerprint density at radius 3 is 2.33 bits per heavy atom. The van der Waals surface area contributed by atoms with E-state index in [4.69, 9.17) is 10.5 Å². The summed E-state index contributed by atoms with van der Waals surface area (Å²) in [5.74, 6) is 0.529. The molecule has 0 heterocycles. The molecule has 130 valence electrons. The summed E-state index contributed by atoms with van der Waals surface area (Å²) in [6.45, 7) is 3.31. The molecule has 1 unspecified atom stereocenters. The lowest BCUT2D eigenvalue weighted by Gasteiger charge is -2.23. The van der Waals surface area contributed by atoms with Crippen LogP contribution in [0.1, 0.15) is 17.0 Å². The quantitative estimate of drug-likeness (QED) is 0.836. The van der Waals surface area contributed by atoms with E-state index in [0.717, 1.165) is 11.3 Å². The maximum atomic E-state index is 12.6. The van der Waals surface area contributed by atoms with Crippen molar-refractivity contribution >= 4 is 18.3 Å². The van der Waals surface area contributed by atoms with E-state index < -0.39 is 0 Å². The van der Waals surface area contributed by atoms with Gasteiger partial charge in [0.1, 0.15) is 12.4 Å². The highest BCUT2D eigenvalue weighted by Crippen LogP contribution is 2.17. The molecule has 1 atom stereocenters. The van der Waals surface area contributed by atoms with Gasteiger partial charge in [0.2, 0.25) is 5.91 Å². The molecule has 2 aromatic rings. The highest BCUT2D eigenvalue weighted by Gasteiger charge is 2.22. The maximum Gasteiger partial charge on any atom is 0.231 e. The Morgan fingerprint density at radius 2 is 1.75 bits per heavy atom. The number of rotatable bonds is 7. The maximum absolute atomic E-state index is 12.6. The molecule has 24 heavy (non-hydrogen) atoms. The summed E-state index contributed by atoms with van der Waals surface area (Å²) in [7, 11) is 1.78. The monoisotopic (exact) mass is 348 g/mol. The fourth-order valence-corrected chi connectivity index (χ4v) is 2.38. The lowest BCUT2D eigenvalue weighted by molar-refractivity contribution is -0.131. The van der Waals surface area contributed by atoms with Gasteiger partial charge in [0.15, 0.2) is 0 Å². The molecule has 0 aliphatic heterocycles. The number of ether oxygens (including phenoxy) is 1. The third-order valence-electron chi connectivity index (χ3n) is 3.83. The number of amides is 1. The van der Waals surface area contributed by atoms with Crippen LogP contribution in [0.5, 0.6) is 5.75 Å². The topological polar surface area (TPSA) is 55.6 Å². The average molecular weight is 349 g/mol. The predicted octanol–water partition coefficient (Wildman–Crippen LogP) is 3.00. The first-order valence-electron chi connectivity index (χ1n) is 7.81. The molecule has 4 nitrogen and oxygen atoms in total. The summed E-state index contributed by atoms with van der Waals surface area (Å²) in [6, 6.07) is 17.5. The molecule has 2 N–H and O–H groups in total. The normalized spacial score (nSPS) is 11.3. The molecule has 0 saturated heterocycles. The summed E-state index contributed by atoms with van der Waals surface area (Å²) < 4.78 is 5.68. The van der Waals surface area contributed by atoms with Crippen molar-refractivity contribution < 1.29 is 9.53 Å². The average Bonchev–Trinajstić information content (AvgIpc) is 2.58. The summed E-state index contributed by atoms with van der Waals surface area (Å²) in [5.41, 5.74) is 7.94. The molecule has 0 saturated carbocycles. The van der Waals surface area contributed by atoms with Gasteiger partial charge in [0.25, 0.3) is 0 Å². The van der Waals surface area contributed by atoms with Crippen molar-refractivity contribution in [2.45, 2.75) is 12.8 Å². The highest BCUT2D eigenvalue weighted by molar-refractivity contribution is 5.85. The van der Waals surface area contributed by atoms with E-state index in [-0.39, 0.29) is 24.2 Å². The van der Waals surface area contributed by atoms with Crippen molar-refractivity contribution in [3.8, 4) is 5.75 Å². The number of hydrogen-bond donors (Lipinski definition) is 1. The van der Waals surface area contributed by atoms with E-state index in [1.807, 2.05) is 61.5 Å². The van der Waals surface area contributed by atoms with Crippen molar-refractivity contribution in [3.63, 3.8) is 0 Å². The van der Waals surface area contributed by atoms with Gasteiger partial charge < -0.3 is 15.4 Å². The van der Waals surface area contributed by atoms with Crippen LogP contribution in [0.25, 0.3) is 0 Å². The second-order valence-corrected chi connectivity index (χ2v) is 5.62. The van der Waals surface area contributed by atoms with Gasteiger partial charge >= 0.3 is 0 Å². The largest absolute Gasteiger partial charge is 0.492 e. The van der Waals surface area contributed by atoms with Gasteiger partial charge in [-0.3, -0.25) is 4.79 Å². The summed E-state index contributed by atoms with van der Waals surface area (Å²) in [5, 5.41) is 0. The number of nitrogens with zero attached hydrogens (tertiary/aromatic N) is 1. The molecule has 0 radical (unpaired) electrons. The van der Waals surface area contributed by atoms with Crippen LogP contribution in [0.3, 0.4) is 0 Å². The van der Waals surface area contributed by atoms with Crippen molar-refractivity contribution in [1.82, 2.24) is 4.90 Å². The second kappa shape index (κ2) is 9.96. The Balaban J connectivity index is 0.00000288. The van der Waals surface area contributed by atoms with Crippen molar-refractivity contribution in [2.75, 3.05) is 26.7 Å². The third kappa shape index (κ3) is 5.55. The molecular weight excluding hydrogens is 324 g/mol. The van der Waals surface area contributed by atoms with E-state index in [2.05, 4.69) is 0 Å². The first kappa shape index (κ1) is 20.0. The van der Waals surface area contributed by atoms with Crippen LogP contribution in [-0.2, 0) is 4.79 Å². The Labute approximate surface area is 150 Å². The molecule has 5 heteroatoms. The van der Waals surface area contributed by atoms with Gasteiger partial charge in [-0.25, -0.2) is 0 Å². The Morgan fingerprint density at radius 1 is 1.12 bits per heavy atom. The number of halogens is 1. The van der Waals surface area contributed by atoms with Gasteiger partial charge in [0, 0.05) is 13.6 Å². The zero-order valence-corrected chi connectivity index (χ0v) is 15.0. The van der Waals surface area contributed by atoms with Crippen LogP contribution in [-0.4, -0.2) is 37.6 Å². The molecule has 2 aromatic carbocycles. The van der Waals surface area contributed by atoms with Crippen LogP contribution >= 0.6 is 12.4 Å². The number of hydrogen-bond acceptors (Lipinski definition) is 3. The van der Waals surface area contributed by atoms with Crippen LogP contribution in [0.2, 0.25) is 0 Å². The molecule has 0 aliphatic carbocycles. The van der Waals surface area contributed by atoms with Crippen molar-refractivity contribution in [1.29, 1.82) is 0 Å². The number of carbonyl (C=O) groups is 1. The minimum absolute atomic E-state index is 0. The molecular formula is C19H25ClN2O2. The number of aryl methyl sites for hydroxylation is 1. The van der Waals surface area contributed by atoms with E-state index in [1.54, 1.807) is 11.9 Å². The molecule has 0 aliphatic rings. The van der Waals surface area contributed by atoms with Gasteiger partial charge in [-0.05, 0) is 24.6 Å². The van der Waals surface area contributed by atoms with Crippen molar-refractivity contribution in [2.24, 2.45) is 5.73 Å². The Bertz CT molecular complexity index is 617. The molecule has 2 rings (SSSR count). The smallest absolute Gasteiger partial charge is 0.231 e. The highest BCUT2D eigenvalue weighted by atomic mass is 35.5. The zero-order valence-electron chi connectivity index (χ0n) is 14.1. The number of likely N-dealkylation sites (N-methyl/N-ethyl adjacent to an activating group) is 1. The second-order valence-electron chi connectivity index (χ2n) is 5.62. The van der Waals surface area contributed by atoms with Crippen LogP contribution in [0, 0.1) is 6.92 Å². The predicted molar refractivity (Wildman–Crippen MR) is 99.8 cm³/mol. The van der Waals surface area contributed by atoms with Gasteiger partial charge in [-0.15, -0.1) is 12.4 Å². The Hall–Kier alpha value is -2.04. The fourth-order valence-electron chi connectivity index (χ4n) is 2.38. The minimum atomic E-state index is -0.305.